The molecule has 5 nitrogen and oxygen atoms in total. The molecule has 0 amide bonds. The third-order valence-electron chi connectivity index (χ3n) is 4.10. The number of rotatable bonds is 5. The number of aryl methyl sites for hydroxylation is 1. The maximum absolute atomic E-state index is 8.97. The summed E-state index contributed by atoms with van der Waals surface area (Å²) in [6.45, 7) is 6.13. The monoisotopic (exact) mass is 287 g/mol. The molecule has 0 aliphatic carbocycles. The van der Waals surface area contributed by atoms with Gasteiger partial charge in [0.1, 0.15) is 5.82 Å². The Morgan fingerprint density at radius 3 is 2.71 bits per heavy atom. The van der Waals surface area contributed by atoms with Gasteiger partial charge in [-0.3, -0.25) is 0 Å². The first-order valence-corrected chi connectivity index (χ1v) is 7.60. The molecule has 0 atom stereocenters. The van der Waals surface area contributed by atoms with E-state index in [-0.39, 0.29) is 0 Å². The molecule has 0 saturated carbocycles. The minimum Gasteiger partial charge on any atom is -0.369 e. The van der Waals surface area contributed by atoms with E-state index in [0.29, 0.717) is 5.56 Å². The van der Waals surface area contributed by atoms with Crippen molar-refractivity contribution >= 4 is 5.82 Å². The van der Waals surface area contributed by atoms with Gasteiger partial charge in [0, 0.05) is 24.8 Å². The highest BCUT2D eigenvalue weighted by atomic mass is 15.2. The Kier molecular flexibility index (Phi) is 5.54. The molecule has 1 fully saturated rings. The largest absolute Gasteiger partial charge is 0.369 e. The number of aromatic nitrogens is 1. The van der Waals surface area contributed by atoms with E-state index in [1.807, 2.05) is 13.0 Å². The van der Waals surface area contributed by atoms with Gasteiger partial charge in [0.2, 0.25) is 0 Å². The first-order chi connectivity index (χ1) is 10.1. The van der Waals surface area contributed by atoms with Crippen LogP contribution in [0.25, 0.3) is 0 Å². The number of pyridine rings is 1. The number of anilines is 1. The zero-order valence-electron chi connectivity index (χ0n) is 13.3. The van der Waals surface area contributed by atoms with Crippen molar-refractivity contribution in [3.63, 3.8) is 0 Å². The highest BCUT2D eigenvalue weighted by Gasteiger charge is 2.19. The van der Waals surface area contributed by atoms with Crippen LogP contribution in [0.2, 0.25) is 0 Å². The van der Waals surface area contributed by atoms with Crippen LogP contribution in [0, 0.1) is 18.3 Å². The molecule has 0 radical (unpaired) electrons. The lowest BCUT2D eigenvalue weighted by Gasteiger charge is -2.35. The second-order valence-electron chi connectivity index (χ2n) is 5.96. The van der Waals surface area contributed by atoms with E-state index < -0.39 is 0 Å². The zero-order chi connectivity index (χ0) is 15.2. The minimum atomic E-state index is 0.664. The Labute approximate surface area is 127 Å². The second-order valence-corrected chi connectivity index (χ2v) is 5.96. The smallest absolute Gasteiger partial charge is 0.127 e. The number of nitrogens with zero attached hydrogens (tertiary/aromatic N) is 4. The van der Waals surface area contributed by atoms with E-state index in [9.17, 15) is 0 Å². The maximum atomic E-state index is 8.97. The first-order valence-electron chi connectivity index (χ1n) is 7.60. The van der Waals surface area contributed by atoms with Crippen molar-refractivity contribution in [3.05, 3.63) is 23.4 Å². The summed E-state index contributed by atoms with van der Waals surface area (Å²) in [6.07, 6.45) is 2.49. The molecule has 2 rings (SSSR count). The molecule has 21 heavy (non-hydrogen) atoms. The molecule has 1 aromatic heterocycles. The van der Waals surface area contributed by atoms with Gasteiger partial charge in [0.05, 0.1) is 11.6 Å². The van der Waals surface area contributed by atoms with Crippen molar-refractivity contribution < 1.29 is 0 Å². The van der Waals surface area contributed by atoms with Crippen molar-refractivity contribution in [2.45, 2.75) is 25.8 Å². The summed E-state index contributed by atoms with van der Waals surface area (Å²) in [7, 11) is 4.33. The molecule has 1 aliphatic heterocycles. The van der Waals surface area contributed by atoms with E-state index in [0.717, 1.165) is 43.7 Å². The van der Waals surface area contributed by atoms with Crippen LogP contribution in [0.3, 0.4) is 0 Å². The average Bonchev–Trinajstić information content (AvgIpc) is 2.47. The molecule has 1 saturated heterocycles. The predicted octanol–water partition coefficient (Wildman–Crippen LogP) is 1.70. The lowest BCUT2D eigenvalue weighted by atomic mass is 10.0. The van der Waals surface area contributed by atoms with Crippen LogP contribution in [0.15, 0.2) is 12.1 Å². The molecular weight excluding hydrogens is 262 g/mol. The van der Waals surface area contributed by atoms with E-state index in [1.165, 1.54) is 12.8 Å². The van der Waals surface area contributed by atoms with Gasteiger partial charge in [-0.15, -0.1) is 0 Å². The summed E-state index contributed by atoms with van der Waals surface area (Å²) in [4.78, 5) is 9.24. The Hall–Kier alpha value is -1.64. The molecule has 1 N–H and O–H groups in total. The van der Waals surface area contributed by atoms with Crippen LogP contribution in [0.4, 0.5) is 5.82 Å². The summed E-state index contributed by atoms with van der Waals surface area (Å²) >= 11 is 0. The summed E-state index contributed by atoms with van der Waals surface area (Å²) in [5.74, 6) is 0.801. The van der Waals surface area contributed by atoms with Crippen molar-refractivity contribution in [2.75, 3.05) is 45.6 Å². The normalized spacial score (nSPS) is 16.9. The number of piperidine rings is 1. The second kappa shape index (κ2) is 7.39. The molecule has 5 heteroatoms. The number of hydrogen-bond acceptors (Lipinski definition) is 5. The molecule has 0 bridgehead atoms. The highest BCUT2D eigenvalue weighted by molar-refractivity contribution is 5.44. The van der Waals surface area contributed by atoms with E-state index >= 15 is 0 Å². The van der Waals surface area contributed by atoms with Gasteiger partial charge in [-0.05, 0) is 59.1 Å². The van der Waals surface area contributed by atoms with E-state index in [1.54, 1.807) is 6.07 Å². The van der Waals surface area contributed by atoms with Gasteiger partial charge in [-0.2, -0.15) is 5.26 Å². The van der Waals surface area contributed by atoms with Gasteiger partial charge >= 0.3 is 0 Å². The number of likely N-dealkylation sites (tertiary alicyclic amines) is 1. The molecule has 1 aliphatic rings. The average molecular weight is 287 g/mol. The highest BCUT2D eigenvalue weighted by Crippen LogP contribution is 2.14. The van der Waals surface area contributed by atoms with Gasteiger partial charge in [-0.1, -0.05) is 0 Å². The molecule has 0 spiro atoms. The van der Waals surface area contributed by atoms with Gasteiger partial charge < -0.3 is 15.1 Å². The zero-order valence-corrected chi connectivity index (χ0v) is 13.3. The third kappa shape index (κ3) is 4.69. The van der Waals surface area contributed by atoms with E-state index in [4.69, 9.17) is 5.26 Å². The molecule has 0 unspecified atom stereocenters. The fourth-order valence-electron chi connectivity index (χ4n) is 2.83. The van der Waals surface area contributed by atoms with Crippen LogP contribution in [0.5, 0.6) is 0 Å². The molecular formula is C16H25N5. The van der Waals surface area contributed by atoms with Crippen molar-refractivity contribution in [2.24, 2.45) is 0 Å². The van der Waals surface area contributed by atoms with Crippen LogP contribution in [-0.4, -0.2) is 61.1 Å². The summed E-state index contributed by atoms with van der Waals surface area (Å²) in [6, 6.07) is 6.51. The Morgan fingerprint density at radius 2 is 2.10 bits per heavy atom. The lowest BCUT2D eigenvalue weighted by molar-refractivity contribution is 0.148. The third-order valence-corrected chi connectivity index (χ3v) is 4.10. The fraction of sp³-hybridized carbons (Fsp3) is 0.625. The molecule has 2 heterocycles. The summed E-state index contributed by atoms with van der Waals surface area (Å²) in [5, 5.41) is 12.3. The van der Waals surface area contributed by atoms with Crippen LogP contribution < -0.4 is 5.32 Å². The van der Waals surface area contributed by atoms with Crippen molar-refractivity contribution in [1.82, 2.24) is 14.8 Å². The SMILES string of the molecule is Cc1cc(C#N)cc(NCCN2CCC(N(C)C)CC2)n1. The minimum absolute atomic E-state index is 0.664. The first kappa shape index (κ1) is 15.7. The van der Waals surface area contributed by atoms with Crippen LogP contribution >= 0.6 is 0 Å². The predicted molar refractivity (Wildman–Crippen MR) is 85.3 cm³/mol. The van der Waals surface area contributed by atoms with Crippen LogP contribution in [-0.2, 0) is 0 Å². The number of nitriles is 1. The summed E-state index contributed by atoms with van der Waals surface area (Å²) < 4.78 is 0. The van der Waals surface area contributed by atoms with Gasteiger partial charge in [-0.25, -0.2) is 4.98 Å². The maximum Gasteiger partial charge on any atom is 0.127 e. The molecule has 1 aromatic rings. The van der Waals surface area contributed by atoms with E-state index in [2.05, 4.69) is 40.3 Å². The van der Waals surface area contributed by atoms with Gasteiger partial charge in [0.25, 0.3) is 0 Å². The lowest BCUT2D eigenvalue weighted by Crippen LogP contribution is -2.43. The summed E-state index contributed by atoms with van der Waals surface area (Å²) in [5.41, 5.74) is 1.54. The Bertz CT molecular complexity index is 498. The van der Waals surface area contributed by atoms with Gasteiger partial charge in [0.15, 0.2) is 0 Å². The topological polar surface area (TPSA) is 55.2 Å². The standard InChI is InChI=1S/C16H25N5/c1-13-10-14(12-17)11-16(19-13)18-6-9-21-7-4-15(5-8-21)20(2)3/h10-11,15H,4-9H2,1-3H3,(H,18,19). The Balaban J connectivity index is 1.75. The van der Waals surface area contributed by atoms with Crippen molar-refractivity contribution in [1.29, 1.82) is 5.26 Å². The number of hydrogen-bond donors (Lipinski definition) is 1. The number of nitrogens with one attached hydrogen (secondary N) is 1. The van der Waals surface area contributed by atoms with Crippen LogP contribution in [0.1, 0.15) is 24.1 Å². The molecule has 114 valence electrons. The Morgan fingerprint density at radius 1 is 1.38 bits per heavy atom. The fourth-order valence-corrected chi connectivity index (χ4v) is 2.83. The molecule has 0 aromatic carbocycles. The quantitative estimate of drug-likeness (QED) is 0.893. The van der Waals surface area contributed by atoms with Crippen molar-refractivity contribution in [3.8, 4) is 6.07 Å².